The third-order valence-corrected chi connectivity index (χ3v) is 0.556. The Kier molecular flexibility index (Phi) is 273. The second kappa shape index (κ2) is 52.9. The molecule has 0 spiro atoms. The zero-order valence-electron chi connectivity index (χ0n) is 9.20. The minimum Gasteiger partial charge on any atom is -0.358 e. The van der Waals surface area contributed by atoms with Crippen molar-refractivity contribution in [3.8, 4) is 0 Å². The largest absolute Gasteiger partial charge is 0.358 e. The Hall–Kier alpha value is 0.813. The second-order valence-corrected chi connectivity index (χ2v) is 0.962. The number of hydrogen-bond acceptors (Lipinski definition) is 0. The summed E-state index contributed by atoms with van der Waals surface area (Å²) in [5.74, 6) is 0. The van der Waals surface area contributed by atoms with E-state index in [9.17, 15) is 0 Å². The van der Waals surface area contributed by atoms with E-state index in [0.29, 0.717) is 0 Å². The summed E-state index contributed by atoms with van der Waals surface area (Å²) in [5.41, 5.74) is 0. The van der Waals surface area contributed by atoms with Crippen LogP contribution in [0.25, 0.3) is 0 Å². The fourth-order valence-electron chi connectivity index (χ4n) is 0.321. The molecule has 86 valence electrons. The zero-order chi connectivity index (χ0) is 3.54. The van der Waals surface area contributed by atoms with E-state index >= 15 is 0 Å². The van der Waals surface area contributed by atoms with Crippen molar-refractivity contribution in [3.05, 3.63) is 67.5 Å². The topological polar surface area (TPSA) is 0 Å². The molecule has 0 saturated heterocycles. The monoisotopic (exact) mass is 302 g/mol. The van der Waals surface area contributed by atoms with Gasteiger partial charge in [-0.15, -0.1) is 24.8 Å². The number of rotatable bonds is 0. The van der Waals surface area contributed by atoms with E-state index in [1.165, 1.54) is 0 Å². The van der Waals surface area contributed by atoms with Gasteiger partial charge in [0.2, 0.25) is 0 Å². The molecule has 0 unspecified atom stereocenters. The Morgan fingerprint density at radius 2 is 0.846 bits per heavy atom. The first kappa shape index (κ1) is 67.1. The minimum atomic E-state index is 0. The van der Waals surface area contributed by atoms with E-state index in [2.05, 4.69) is 0 Å². The molecule has 0 saturated carbocycles. The first-order valence-electron chi connectivity index (χ1n) is 1.67. The van der Waals surface area contributed by atoms with Gasteiger partial charge in [-0.1, -0.05) is 0 Å². The van der Waals surface area contributed by atoms with Crippen molar-refractivity contribution < 1.29 is 26.2 Å². The molecule has 0 radical (unpaired) electrons. The Morgan fingerprint density at radius 3 is 0.923 bits per heavy atom. The minimum absolute atomic E-state index is 0. The van der Waals surface area contributed by atoms with E-state index in [-0.39, 0.29) is 88.2 Å². The standard InChI is InChI=1S/C5H5.5CH3.2ClH.Zr/c1-2-4-5-3-1;;;;;;;;/h1-5H;5*1H3;2*1H;/q6*-1;;;. The normalized spacial score (nSPS) is 3.08. The number of halogens is 2. The molecule has 0 bridgehead atoms. The van der Waals surface area contributed by atoms with Crippen LogP contribution in [0.15, 0.2) is 30.3 Å². The van der Waals surface area contributed by atoms with Crippen molar-refractivity contribution in [2.75, 3.05) is 0 Å². The van der Waals surface area contributed by atoms with Crippen LogP contribution in [-0.4, -0.2) is 0 Å². The SMILES string of the molecule is Cl.Cl.[CH3-].[CH3-].[CH3-].[CH3-].[CH3-].[Zr].c1cc[cH-]c1. The smallest absolute Gasteiger partial charge is 0 e. The van der Waals surface area contributed by atoms with Crippen LogP contribution in [0.1, 0.15) is 0 Å². The van der Waals surface area contributed by atoms with Gasteiger partial charge in [0.15, 0.2) is 0 Å². The summed E-state index contributed by atoms with van der Waals surface area (Å²) in [5, 5.41) is 0. The van der Waals surface area contributed by atoms with Crippen molar-refractivity contribution in [1.82, 2.24) is 0 Å². The summed E-state index contributed by atoms with van der Waals surface area (Å²) in [6.45, 7) is 0. The van der Waals surface area contributed by atoms with Gasteiger partial charge in [-0.05, 0) is 0 Å². The summed E-state index contributed by atoms with van der Waals surface area (Å²) in [6, 6.07) is 10.0. The van der Waals surface area contributed by atoms with Gasteiger partial charge in [-0.2, -0.15) is 18.2 Å². The van der Waals surface area contributed by atoms with Crippen molar-refractivity contribution in [2.24, 2.45) is 0 Å². The first-order valence-corrected chi connectivity index (χ1v) is 1.67. The van der Waals surface area contributed by atoms with Gasteiger partial charge in [0, 0.05) is 26.2 Å². The number of hydrogen-bond donors (Lipinski definition) is 0. The molecule has 0 aliphatic rings. The fourth-order valence-corrected chi connectivity index (χ4v) is 0.321. The summed E-state index contributed by atoms with van der Waals surface area (Å²) < 4.78 is 0. The third kappa shape index (κ3) is 44.3. The molecule has 0 aliphatic carbocycles. The molecular weight excluding hydrogens is 282 g/mol. The summed E-state index contributed by atoms with van der Waals surface area (Å²) in [6.07, 6.45) is 0. The Labute approximate surface area is 118 Å². The summed E-state index contributed by atoms with van der Waals surface area (Å²) in [4.78, 5) is 0. The Bertz CT molecular complexity index is 69.4. The van der Waals surface area contributed by atoms with Crippen LogP contribution in [0.2, 0.25) is 0 Å². The predicted molar refractivity (Wildman–Crippen MR) is 68.6 cm³/mol. The van der Waals surface area contributed by atoms with Crippen molar-refractivity contribution in [3.63, 3.8) is 0 Å². The maximum absolute atomic E-state index is 2.00. The van der Waals surface area contributed by atoms with Gasteiger partial charge in [-0.25, -0.2) is 12.1 Å². The predicted octanol–water partition coefficient (Wildman–Crippen LogP) is 4.50. The molecule has 1 rings (SSSR count). The average molecular weight is 304 g/mol. The molecule has 0 aliphatic heterocycles. The molecular formula is C10H22Cl2Zr-6. The first-order chi connectivity index (χ1) is 2.50. The van der Waals surface area contributed by atoms with Crippen LogP contribution >= 0.6 is 24.8 Å². The van der Waals surface area contributed by atoms with E-state index in [4.69, 9.17) is 0 Å². The zero-order valence-corrected chi connectivity index (χ0v) is 13.3. The van der Waals surface area contributed by atoms with Gasteiger partial charge in [0.1, 0.15) is 0 Å². The van der Waals surface area contributed by atoms with E-state index in [1.807, 2.05) is 30.3 Å². The molecule has 0 fully saturated rings. The third-order valence-electron chi connectivity index (χ3n) is 0.556. The van der Waals surface area contributed by atoms with Gasteiger partial charge in [0.05, 0.1) is 0 Å². The Morgan fingerprint density at radius 1 is 0.615 bits per heavy atom. The molecule has 3 heteroatoms. The maximum atomic E-state index is 2.00. The van der Waals surface area contributed by atoms with Gasteiger partial charge in [-0.3, -0.25) is 0 Å². The average Bonchev–Trinajstić information content (AvgIpc) is 1.76. The van der Waals surface area contributed by atoms with E-state index in [0.717, 1.165) is 0 Å². The van der Waals surface area contributed by atoms with Gasteiger partial charge >= 0.3 is 0 Å². The van der Waals surface area contributed by atoms with Crippen molar-refractivity contribution >= 4 is 24.8 Å². The fraction of sp³-hybridized carbons (Fsp3) is 0. The molecule has 0 atom stereocenters. The summed E-state index contributed by atoms with van der Waals surface area (Å²) >= 11 is 0. The van der Waals surface area contributed by atoms with Crippen LogP contribution in [0.4, 0.5) is 0 Å². The van der Waals surface area contributed by atoms with E-state index < -0.39 is 0 Å². The van der Waals surface area contributed by atoms with Gasteiger partial charge in [0.25, 0.3) is 0 Å². The molecule has 13 heavy (non-hydrogen) atoms. The molecule has 0 heterocycles. The molecule has 0 nitrogen and oxygen atoms in total. The second-order valence-electron chi connectivity index (χ2n) is 0.962. The quantitative estimate of drug-likeness (QED) is 0.619. The van der Waals surface area contributed by atoms with Crippen molar-refractivity contribution in [2.45, 2.75) is 0 Å². The van der Waals surface area contributed by atoms with Crippen LogP contribution in [-0.2, 0) is 26.2 Å². The molecule has 0 aromatic heterocycles. The maximum Gasteiger partial charge on any atom is 0 e. The Balaban J connectivity index is -0.00000000521. The van der Waals surface area contributed by atoms with Crippen LogP contribution in [0, 0.1) is 37.1 Å². The van der Waals surface area contributed by atoms with Gasteiger partial charge < -0.3 is 37.1 Å². The molecule has 1 aromatic rings. The van der Waals surface area contributed by atoms with Crippen LogP contribution in [0.3, 0.4) is 0 Å². The van der Waals surface area contributed by atoms with Crippen LogP contribution in [0.5, 0.6) is 0 Å². The van der Waals surface area contributed by atoms with Crippen molar-refractivity contribution in [1.29, 1.82) is 0 Å². The van der Waals surface area contributed by atoms with Crippen LogP contribution < -0.4 is 0 Å². The molecule has 1 aromatic carbocycles. The molecule has 0 N–H and O–H groups in total. The molecule has 0 amide bonds. The van der Waals surface area contributed by atoms with E-state index in [1.54, 1.807) is 0 Å². The summed E-state index contributed by atoms with van der Waals surface area (Å²) in [7, 11) is 0.